The van der Waals surface area contributed by atoms with Gasteiger partial charge in [0.2, 0.25) is 5.88 Å². The second-order valence-electron chi connectivity index (χ2n) is 4.18. The molecule has 1 aromatic heterocycles. The maximum Gasteiger partial charge on any atom is 0.224 e. The zero-order valence-electron chi connectivity index (χ0n) is 11.2. The lowest BCUT2D eigenvalue weighted by Crippen LogP contribution is -2.16. The first-order chi connectivity index (χ1) is 9.68. The molecule has 0 aliphatic carbocycles. The van der Waals surface area contributed by atoms with Crippen molar-refractivity contribution in [3.05, 3.63) is 53.7 Å². The Hall–Kier alpha value is -2.14. The van der Waals surface area contributed by atoms with Gasteiger partial charge >= 0.3 is 0 Å². The van der Waals surface area contributed by atoms with Crippen molar-refractivity contribution in [2.45, 2.75) is 6.92 Å². The number of nitrogens with zero attached hydrogens (tertiary/aromatic N) is 1. The number of aromatic nitrogens is 1. The molecule has 0 saturated carbocycles. The minimum atomic E-state index is 0.287. The Kier molecular flexibility index (Phi) is 4.90. The molecule has 2 aromatic rings. The Morgan fingerprint density at radius 3 is 2.55 bits per heavy atom. The fraction of sp³-hybridized carbons (Fsp3) is 0.200. The van der Waals surface area contributed by atoms with Crippen molar-refractivity contribution in [2.75, 3.05) is 13.2 Å². The molecule has 104 valence electrons. The molecule has 4 nitrogen and oxygen atoms in total. The highest BCUT2D eigenvalue weighted by molar-refractivity contribution is 7.80. The van der Waals surface area contributed by atoms with E-state index in [0.717, 1.165) is 11.3 Å². The molecule has 1 aromatic carbocycles. The Morgan fingerprint density at radius 1 is 1.15 bits per heavy atom. The van der Waals surface area contributed by atoms with Gasteiger partial charge in [-0.25, -0.2) is 4.98 Å². The van der Waals surface area contributed by atoms with E-state index in [2.05, 4.69) is 4.98 Å². The number of para-hydroxylation sites is 1. The summed E-state index contributed by atoms with van der Waals surface area (Å²) in [5.41, 5.74) is 7.32. The Morgan fingerprint density at radius 2 is 1.85 bits per heavy atom. The Balaban J connectivity index is 1.92. The van der Waals surface area contributed by atoms with E-state index in [9.17, 15) is 0 Å². The molecule has 2 N–H and O–H groups in total. The van der Waals surface area contributed by atoms with Gasteiger partial charge in [-0.05, 0) is 30.7 Å². The standard InChI is InChI=1S/C15H16N2O2S/c1-11-7-8-17-15(13(11)14(16)20)19-10-9-18-12-5-3-2-4-6-12/h2-8H,9-10H2,1H3,(H2,16,20). The summed E-state index contributed by atoms with van der Waals surface area (Å²) in [6.45, 7) is 2.72. The van der Waals surface area contributed by atoms with Gasteiger partial charge in [-0.2, -0.15) is 0 Å². The molecule has 0 atom stereocenters. The van der Waals surface area contributed by atoms with E-state index in [1.165, 1.54) is 0 Å². The number of nitrogens with two attached hydrogens (primary N) is 1. The fourth-order valence-electron chi connectivity index (χ4n) is 1.76. The molecule has 0 aliphatic rings. The molecule has 2 rings (SSSR count). The molecule has 0 fully saturated rings. The normalized spacial score (nSPS) is 10.1. The first-order valence-electron chi connectivity index (χ1n) is 6.24. The van der Waals surface area contributed by atoms with Crippen LogP contribution in [-0.2, 0) is 0 Å². The summed E-state index contributed by atoms with van der Waals surface area (Å²) in [5.74, 6) is 1.26. The van der Waals surface area contributed by atoms with Gasteiger partial charge in [-0.15, -0.1) is 0 Å². The van der Waals surface area contributed by atoms with Crippen molar-refractivity contribution >= 4 is 17.2 Å². The molecular weight excluding hydrogens is 272 g/mol. The highest BCUT2D eigenvalue weighted by atomic mass is 32.1. The van der Waals surface area contributed by atoms with Crippen molar-refractivity contribution in [1.29, 1.82) is 0 Å². The topological polar surface area (TPSA) is 57.4 Å². The van der Waals surface area contributed by atoms with E-state index >= 15 is 0 Å². The van der Waals surface area contributed by atoms with E-state index in [-0.39, 0.29) is 4.99 Å². The van der Waals surface area contributed by atoms with E-state index in [4.69, 9.17) is 27.4 Å². The van der Waals surface area contributed by atoms with Gasteiger partial charge in [0.05, 0.1) is 5.56 Å². The lowest BCUT2D eigenvalue weighted by atomic mass is 10.1. The van der Waals surface area contributed by atoms with Crippen LogP contribution in [-0.4, -0.2) is 23.2 Å². The monoisotopic (exact) mass is 288 g/mol. The molecule has 0 bridgehead atoms. The molecule has 0 aliphatic heterocycles. The second-order valence-corrected chi connectivity index (χ2v) is 4.62. The van der Waals surface area contributed by atoms with E-state index in [1.807, 2.05) is 43.3 Å². The van der Waals surface area contributed by atoms with Crippen LogP contribution in [0.15, 0.2) is 42.6 Å². The van der Waals surface area contributed by atoms with Crippen molar-refractivity contribution in [1.82, 2.24) is 4.98 Å². The summed E-state index contributed by atoms with van der Waals surface area (Å²) in [6, 6.07) is 11.4. The number of thiocarbonyl (C=S) groups is 1. The second kappa shape index (κ2) is 6.86. The van der Waals surface area contributed by atoms with Crippen LogP contribution in [0.5, 0.6) is 11.6 Å². The van der Waals surface area contributed by atoms with Gasteiger partial charge in [0.1, 0.15) is 24.0 Å². The number of benzene rings is 1. The molecule has 0 amide bonds. The van der Waals surface area contributed by atoms with Crippen molar-refractivity contribution < 1.29 is 9.47 Å². The highest BCUT2D eigenvalue weighted by Gasteiger charge is 2.10. The molecule has 20 heavy (non-hydrogen) atoms. The summed E-state index contributed by atoms with van der Waals surface area (Å²) in [6.07, 6.45) is 1.67. The summed E-state index contributed by atoms with van der Waals surface area (Å²) in [5, 5.41) is 0. The van der Waals surface area contributed by atoms with Gasteiger partial charge < -0.3 is 15.2 Å². The Bertz CT molecular complexity index is 588. The summed E-state index contributed by atoms with van der Waals surface area (Å²) < 4.78 is 11.1. The molecule has 1 heterocycles. The van der Waals surface area contributed by atoms with E-state index in [1.54, 1.807) is 6.20 Å². The minimum absolute atomic E-state index is 0.287. The number of hydrogen-bond donors (Lipinski definition) is 1. The zero-order valence-corrected chi connectivity index (χ0v) is 12.0. The van der Waals surface area contributed by atoms with Crippen LogP contribution in [0.2, 0.25) is 0 Å². The molecular formula is C15H16N2O2S. The molecule has 0 radical (unpaired) electrons. The first-order valence-corrected chi connectivity index (χ1v) is 6.65. The lowest BCUT2D eigenvalue weighted by molar-refractivity contribution is 0.211. The summed E-state index contributed by atoms with van der Waals surface area (Å²) in [4.78, 5) is 4.45. The predicted octanol–water partition coefficient (Wildman–Crippen LogP) is 2.48. The van der Waals surface area contributed by atoms with Crippen molar-refractivity contribution in [3.8, 4) is 11.6 Å². The maximum atomic E-state index is 5.69. The molecule has 0 unspecified atom stereocenters. The summed E-state index contributed by atoms with van der Waals surface area (Å²) in [7, 11) is 0. The van der Waals surface area contributed by atoms with Crippen LogP contribution in [0, 0.1) is 6.92 Å². The predicted molar refractivity (Wildman–Crippen MR) is 82.3 cm³/mol. The average molecular weight is 288 g/mol. The van der Waals surface area contributed by atoms with Crippen LogP contribution in [0.4, 0.5) is 0 Å². The van der Waals surface area contributed by atoms with Crippen LogP contribution in [0.1, 0.15) is 11.1 Å². The van der Waals surface area contributed by atoms with Crippen molar-refractivity contribution in [3.63, 3.8) is 0 Å². The largest absolute Gasteiger partial charge is 0.490 e. The third-order valence-corrected chi connectivity index (χ3v) is 2.91. The average Bonchev–Trinajstić information content (AvgIpc) is 2.44. The lowest BCUT2D eigenvalue weighted by Gasteiger charge is -2.12. The van der Waals surface area contributed by atoms with Gasteiger partial charge in [-0.1, -0.05) is 30.4 Å². The van der Waals surface area contributed by atoms with Gasteiger partial charge in [-0.3, -0.25) is 0 Å². The van der Waals surface area contributed by atoms with Crippen LogP contribution in [0.25, 0.3) is 0 Å². The van der Waals surface area contributed by atoms with Crippen molar-refractivity contribution in [2.24, 2.45) is 5.73 Å². The molecule has 5 heteroatoms. The van der Waals surface area contributed by atoms with E-state index < -0.39 is 0 Å². The van der Waals surface area contributed by atoms with Gasteiger partial charge in [0, 0.05) is 6.20 Å². The number of hydrogen-bond acceptors (Lipinski definition) is 4. The number of ether oxygens (including phenoxy) is 2. The van der Waals surface area contributed by atoms with Crippen LogP contribution < -0.4 is 15.2 Å². The van der Waals surface area contributed by atoms with Gasteiger partial charge in [0.15, 0.2) is 0 Å². The summed E-state index contributed by atoms with van der Waals surface area (Å²) >= 11 is 5.02. The van der Waals surface area contributed by atoms with E-state index in [0.29, 0.717) is 24.7 Å². The first kappa shape index (κ1) is 14.3. The molecule has 0 saturated heterocycles. The zero-order chi connectivity index (χ0) is 14.4. The number of pyridine rings is 1. The minimum Gasteiger partial charge on any atom is -0.490 e. The SMILES string of the molecule is Cc1ccnc(OCCOc2ccccc2)c1C(N)=S. The number of aryl methyl sites for hydroxylation is 1. The maximum absolute atomic E-state index is 5.69. The quantitative estimate of drug-likeness (QED) is 0.653. The highest BCUT2D eigenvalue weighted by Crippen LogP contribution is 2.18. The number of rotatable bonds is 6. The molecule has 0 spiro atoms. The smallest absolute Gasteiger partial charge is 0.224 e. The van der Waals surface area contributed by atoms with Crippen LogP contribution in [0.3, 0.4) is 0 Å². The third kappa shape index (κ3) is 3.68. The van der Waals surface area contributed by atoms with Crippen LogP contribution >= 0.6 is 12.2 Å². The Labute approximate surface area is 123 Å². The van der Waals surface area contributed by atoms with Gasteiger partial charge in [0.25, 0.3) is 0 Å². The third-order valence-electron chi connectivity index (χ3n) is 2.70. The fourth-order valence-corrected chi connectivity index (χ4v) is 2.01.